The first kappa shape index (κ1) is 14.4. The molecule has 1 fully saturated rings. The van der Waals surface area contributed by atoms with Gasteiger partial charge in [-0.05, 0) is 37.0 Å². The molecule has 4 nitrogen and oxygen atoms in total. The second-order valence-electron chi connectivity index (χ2n) is 6.72. The third-order valence-corrected chi connectivity index (χ3v) is 5.08. The third kappa shape index (κ3) is 2.64. The molecular formula is C15H27N3O. The monoisotopic (exact) mass is 265 g/mol. The number of rotatable bonds is 3. The zero-order valence-corrected chi connectivity index (χ0v) is 12.4. The van der Waals surface area contributed by atoms with E-state index in [9.17, 15) is 4.79 Å². The van der Waals surface area contributed by atoms with Crippen molar-refractivity contribution < 1.29 is 4.79 Å². The number of nitrogens with two attached hydrogens (primary N) is 2. The summed E-state index contributed by atoms with van der Waals surface area (Å²) in [5.74, 6) is 0.147. The van der Waals surface area contributed by atoms with Gasteiger partial charge in [0.2, 0.25) is 5.91 Å². The predicted molar refractivity (Wildman–Crippen MR) is 77.2 cm³/mol. The largest absolute Gasteiger partial charge is 0.377 e. The van der Waals surface area contributed by atoms with E-state index < -0.39 is 11.9 Å². The van der Waals surface area contributed by atoms with Crippen LogP contribution in [-0.2, 0) is 4.79 Å². The maximum Gasteiger partial charge on any atom is 0.235 e. The SMILES string of the molecule is CN1C=C(C(C)(C)[C@H](N)C(N)=O)C2CCCCC1C2. The number of amides is 1. The van der Waals surface area contributed by atoms with Gasteiger partial charge in [0.25, 0.3) is 0 Å². The van der Waals surface area contributed by atoms with Gasteiger partial charge in [-0.15, -0.1) is 0 Å². The van der Waals surface area contributed by atoms with E-state index in [0.29, 0.717) is 12.0 Å². The minimum atomic E-state index is -0.619. The standard InChI is InChI=1S/C15H27N3O/c1-15(2,13(16)14(17)19)12-9-18(3)11-7-5-4-6-10(12)8-11/h9-11,13H,4-8,16H2,1-3H3,(H2,17,19)/t10?,11?,13-/m1/s1. The average molecular weight is 265 g/mol. The van der Waals surface area contributed by atoms with Crippen molar-refractivity contribution in [1.82, 2.24) is 4.90 Å². The zero-order valence-electron chi connectivity index (χ0n) is 12.4. The lowest BCUT2D eigenvalue weighted by molar-refractivity contribution is -0.121. The topological polar surface area (TPSA) is 72.3 Å². The molecule has 1 amide bonds. The molecule has 1 heterocycles. The molecule has 2 bridgehead atoms. The Bertz CT molecular complexity index is 389. The second kappa shape index (κ2) is 5.16. The summed E-state index contributed by atoms with van der Waals surface area (Å²) in [6.45, 7) is 4.10. The Morgan fingerprint density at radius 2 is 2.05 bits per heavy atom. The number of carbonyl (C=O) groups is 1. The van der Waals surface area contributed by atoms with E-state index >= 15 is 0 Å². The highest BCUT2D eigenvalue weighted by atomic mass is 16.1. The summed E-state index contributed by atoms with van der Waals surface area (Å²) in [5.41, 5.74) is 12.4. The van der Waals surface area contributed by atoms with Crippen LogP contribution in [0.5, 0.6) is 0 Å². The first-order valence-electron chi connectivity index (χ1n) is 7.33. The molecule has 4 N–H and O–H groups in total. The molecule has 0 radical (unpaired) electrons. The lowest BCUT2D eigenvalue weighted by Crippen LogP contribution is -2.51. The number of hydrogen-bond acceptors (Lipinski definition) is 3. The highest BCUT2D eigenvalue weighted by molar-refractivity contribution is 5.81. The Balaban J connectivity index is 2.31. The summed E-state index contributed by atoms with van der Waals surface area (Å²) in [7, 11) is 2.14. The molecule has 0 aromatic carbocycles. The van der Waals surface area contributed by atoms with Crippen LogP contribution in [0, 0.1) is 11.3 Å². The van der Waals surface area contributed by atoms with Gasteiger partial charge in [0, 0.05) is 18.5 Å². The minimum absolute atomic E-state index is 0.361. The average Bonchev–Trinajstić information content (AvgIpc) is 2.56. The number of fused-ring (bicyclic) bond motifs is 2. The first-order valence-corrected chi connectivity index (χ1v) is 7.33. The molecular weight excluding hydrogens is 238 g/mol. The first-order chi connectivity index (χ1) is 8.84. The van der Waals surface area contributed by atoms with Gasteiger partial charge in [-0.1, -0.05) is 26.7 Å². The summed E-state index contributed by atoms with van der Waals surface area (Å²) < 4.78 is 0. The normalized spacial score (nSPS) is 29.5. The van der Waals surface area contributed by atoms with E-state index in [1.165, 1.54) is 37.7 Å². The maximum absolute atomic E-state index is 11.5. The number of nitrogens with zero attached hydrogens (tertiary/aromatic N) is 1. The van der Waals surface area contributed by atoms with Gasteiger partial charge in [0.05, 0.1) is 6.04 Å². The lowest BCUT2D eigenvalue weighted by atomic mass is 9.69. The molecule has 1 saturated carbocycles. The lowest BCUT2D eigenvalue weighted by Gasteiger charge is -2.43. The van der Waals surface area contributed by atoms with Gasteiger partial charge in [0.15, 0.2) is 0 Å². The maximum atomic E-state index is 11.5. The fourth-order valence-corrected chi connectivity index (χ4v) is 3.65. The van der Waals surface area contributed by atoms with Gasteiger partial charge >= 0.3 is 0 Å². The highest BCUT2D eigenvalue weighted by Crippen LogP contribution is 2.44. The summed E-state index contributed by atoms with van der Waals surface area (Å²) in [6, 6.07) is 0.0313. The van der Waals surface area contributed by atoms with Gasteiger partial charge in [0.1, 0.15) is 0 Å². The Kier molecular flexibility index (Phi) is 3.90. The van der Waals surface area contributed by atoms with Crippen LogP contribution in [0.3, 0.4) is 0 Å². The van der Waals surface area contributed by atoms with Crippen LogP contribution < -0.4 is 11.5 Å². The molecule has 1 aliphatic heterocycles. The van der Waals surface area contributed by atoms with Crippen LogP contribution >= 0.6 is 0 Å². The summed E-state index contributed by atoms with van der Waals surface area (Å²) in [6.07, 6.45) is 8.48. The highest BCUT2D eigenvalue weighted by Gasteiger charge is 2.41. The fraction of sp³-hybridized carbons (Fsp3) is 0.800. The smallest absolute Gasteiger partial charge is 0.235 e. The Morgan fingerprint density at radius 3 is 2.68 bits per heavy atom. The van der Waals surface area contributed by atoms with Crippen LogP contribution in [0.25, 0.3) is 0 Å². The molecule has 0 spiro atoms. The molecule has 0 aromatic rings. The van der Waals surface area contributed by atoms with E-state index in [-0.39, 0.29) is 5.41 Å². The van der Waals surface area contributed by atoms with Gasteiger partial charge in [-0.2, -0.15) is 0 Å². The molecule has 2 rings (SSSR count). The summed E-state index contributed by atoms with van der Waals surface area (Å²) in [4.78, 5) is 13.8. The molecule has 3 atom stereocenters. The molecule has 19 heavy (non-hydrogen) atoms. The molecule has 4 heteroatoms. The van der Waals surface area contributed by atoms with Crippen LogP contribution in [-0.4, -0.2) is 29.9 Å². The van der Waals surface area contributed by atoms with Crippen molar-refractivity contribution in [3.05, 3.63) is 11.8 Å². The molecule has 2 aliphatic rings. The van der Waals surface area contributed by atoms with E-state index in [1.54, 1.807) is 0 Å². The van der Waals surface area contributed by atoms with Gasteiger partial charge in [-0.25, -0.2) is 0 Å². The zero-order chi connectivity index (χ0) is 14.2. The number of hydrogen-bond donors (Lipinski definition) is 2. The number of primary amides is 1. The van der Waals surface area contributed by atoms with E-state index in [0.717, 1.165) is 0 Å². The Hall–Kier alpha value is -1.03. The van der Waals surface area contributed by atoms with Crippen molar-refractivity contribution in [1.29, 1.82) is 0 Å². The Morgan fingerprint density at radius 1 is 1.42 bits per heavy atom. The van der Waals surface area contributed by atoms with Crippen molar-refractivity contribution in [2.45, 2.75) is 58.0 Å². The molecule has 2 unspecified atom stereocenters. The minimum Gasteiger partial charge on any atom is -0.377 e. The van der Waals surface area contributed by atoms with E-state index in [1.807, 2.05) is 13.8 Å². The van der Waals surface area contributed by atoms with Crippen LogP contribution in [0.1, 0.15) is 46.0 Å². The fourth-order valence-electron chi connectivity index (χ4n) is 3.65. The van der Waals surface area contributed by atoms with Crippen molar-refractivity contribution in [2.24, 2.45) is 22.8 Å². The van der Waals surface area contributed by atoms with Crippen LogP contribution in [0.2, 0.25) is 0 Å². The molecule has 1 aliphatic carbocycles. The predicted octanol–water partition coefficient (Wildman–Crippen LogP) is 1.60. The number of carbonyl (C=O) groups excluding carboxylic acids is 1. The van der Waals surface area contributed by atoms with E-state index in [4.69, 9.17) is 11.5 Å². The van der Waals surface area contributed by atoms with Crippen molar-refractivity contribution >= 4 is 5.91 Å². The van der Waals surface area contributed by atoms with Crippen molar-refractivity contribution in [3.8, 4) is 0 Å². The quantitative estimate of drug-likeness (QED) is 0.814. The molecule has 0 saturated heterocycles. The van der Waals surface area contributed by atoms with Crippen LogP contribution in [0.15, 0.2) is 11.8 Å². The van der Waals surface area contributed by atoms with Crippen LogP contribution in [0.4, 0.5) is 0 Å². The van der Waals surface area contributed by atoms with Crippen molar-refractivity contribution in [2.75, 3.05) is 7.05 Å². The van der Waals surface area contributed by atoms with Gasteiger partial charge in [-0.3, -0.25) is 4.79 Å². The second-order valence-corrected chi connectivity index (χ2v) is 6.72. The molecule has 108 valence electrons. The molecule has 0 aromatic heterocycles. The van der Waals surface area contributed by atoms with Gasteiger partial charge < -0.3 is 16.4 Å². The third-order valence-electron chi connectivity index (χ3n) is 5.08. The summed E-state index contributed by atoms with van der Waals surface area (Å²) in [5, 5.41) is 0. The van der Waals surface area contributed by atoms with Crippen molar-refractivity contribution in [3.63, 3.8) is 0 Å². The van der Waals surface area contributed by atoms with E-state index in [2.05, 4.69) is 18.1 Å². The summed E-state index contributed by atoms with van der Waals surface area (Å²) >= 11 is 0. The Labute approximate surface area is 116 Å².